The van der Waals surface area contributed by atoms with E-state index in [0.29, 0.717) is 5.69 Å². The zero-order valence-electron chi connectivity index (χ0n) is 10.4. The highest BCUT2D eigenvalue weighted by molar-refractivity contribution is 5.85. The number of halogens is 4. The molecule has 3 heterocycles. The van der Waals surface area contributed by atoms with Gasteiger partial charge in [0.05, 0.1) is 17.0 Å². The molecule has 7 heteroatoms. The third-order valence-corrected chi connectivity index (χ3v) is 3.23. The maximum atomic E-state index is 12.5. The molecule has 2 aromatic heterocycles. The van der Waals surface area contributed by atoms with Gasteiger partial charge in [0.2, 0.25) is 0 Å². The van der Waals surface area contributed by atoms with Gasteiger partial charge < -0.3 is 10.3 Å². The van der Waals surface area contributed by atoms with Crippen molar-refractivity contribution >= 4 is 12.4 Å². The largest absolute Gasteiger partial charge is 0.417 e. The predicted octanol–water partition coefficient (Wildman–Crippen LogP) is 3.16. The Kier molecular flexibility index (Phi) is 4.06. The zero-order valence-corrected chi connectivity index (χ0v) is 11.2. The lowest BCUT2D eigenvalue weighted by atomic mass is 10.1. The standard InChI is InChI=1S/C13H12F3N3.ClH/c14-13(15,16)9-1-2-10(18-6-9)11-5-8-3-4-17-7-12(8)19-11;/h1-2,5-6,17,19H,3-4,7H2;1H. The summed E-state index contributed by atoms with van der Waals surface area (Å²) in [7, 11) is 0. The molecule has 0 unspecified atom stereocenters. The van der Waals surface area contributed by atoms with Crippen LogP contribution in [-0.2, 0) is 19.1 Å². The van der Waals surface area contributed by atoms with E-state index in [9.17, 15) is 13.2 Å². The number of pyridine rings is 1. The van der Waals surface area contributed by atoms with Crippen LogP contribution in [0, 0.1) is 0 Å². The van der Waals surface area contributed by atoms with Crippen molar-refractivity contribution in [3.05, 3.63) is 41.2 Å². The van der Waals surface area contributed by atoms with E-state index in [4.69, 9.17) is 0 Å². The molecule has 0 radical (unpaired) electrons. The van der Waals surface area contributed by atoms with Gasteiger partial charge in [-0.1, -0.05) is 0 Å². The number of aromatic nitrogens is 2. The van der Waals surface area contributed by atoms with Gasteiger partial charge in [0, 0.05) is 18.4 Å². The fourth-order valence-corrected chi connectivity index (χ4v) is 2.22. The summed E-state index contributed by atoms with van der Waals surface area (Å²) in [5, 5.41) is 3.23. The molecule has 0 spiro atoms. The number of fused-ring (bicyclic) bond motifs is 1. The normalized spacial score (nSPS) is 14.6. The van der Waals surface area contributed by atoms with Crippen molar-refractivity contribution in [1.82, 2.24) is 15.3 Å². The number of nitrogens with one attached hydrogen (secondary N) is 2. The van der Waals surface area contributed by atoms with Crippen LogP contribution in [0.1, 0.15) is 16.8 Å². The van der Waals surface area contributed by atoms with Crippen molar-refractivity contribution in [2.24, 2.45) is 0 Å². The predicted molar refractivity (Wildman–Crippen MR) is 71.7 cm³/mol. The SMILES string of the molecule is Cl.FC(F)(F)c1ccc(-c2cc3c([nH]2)CNCC3)nc1. The number of alkyl halides is 3. The minimum Gasteiger partial charge on any atom is -0.356 e. The molecule has 108 valence electrons. The highest BCUT2D eigenvalue weighted by atomic mass is 35.5. The highest BCUT2D eigenvalue weighted by Gasteiger charge is 2.30. The smallest absolute Gasteiger partial charge is 0.356 e. The van der Waals surface area contributed by atoms with Crippen molar-refractivity contribution in [2.75, 3.05) is 6.54 Å². The van der Waals surface area contributed by atoms with Crippen molar-refractivity contribution in [1.29, 1.82) is 0 Å². The molecule has 3 rings (SSSR count). The summed E-state index contributed by atoms with van der Waals surface area (Å²) in [5.41, 5.74) is 2.86. The zero-order chi connectivity index (χ0) is 13.5. The Bertz CT molecular complexity index is 566. The Morgan fingerprint density at radius 2 is 2.00 bits per heavy atom. The van der Waals surface area contributed by atoms with E-state index in [2.05, 4.69) is 15.3 Å². The molecular weight excluding hydrogens is 291 g/mol. The van der Waals surface area contributed by atoms with E-state index in [1.54, 1.807) is 0 Å². The summed E-state index contributed by atoms with van der Waals surface area (Å²) in [5.74, 6) is 0. The van der Waals surface area contributed by atoms with Crippen LogP contribution in [-0.4, -0.2) is 16.5 Å². The van der Waals surface area contributed by atoms with Gasteiger partial charge in [0.15, 0.2) is 0 Å². The number of hydrogen-bond donors (Lipinski definition) is 2. The number of H-pyrrole nitrogens is 1. The molecule has 0 fully saturated rings. The monoisotopic (exact) mass is 303 g/mol. The van der Waals surface area contributed by atoms with Crippen LogP contribution in [0.3, 0.4) is 0 Å². The van der Waals surface area contributed by atoms with Crippen LogP contribution >= 0.6 is 12.4 Å². The van der Waals surface area contributed by atoms with Gasteiger partial charge in [-0.05, 0) is 36.7 Å². The van der Waals surface area contributed by atoms with Crippen LogP contribution in [0.4, 0.5) is 13.2 Å². The Morgan fingerprint density at radius 1 is 1.20 bits per heavy atom. The molecule has 0 saturated heterocycles. The van der Waals surface area contributed by atoms with E-state index >= 15 is 0 Å². The molecule has 0 saturated carbocycles. The molecule has 1 aliphatic rings. The van der Waals surface area contributed by atoms with Gasteiger partial charge in [-0.2, -0.15) is 13.2 Å². The Balaban J connectivity index is 0.00000147. The third-order valence-electron chi connectivity index (χ3n) is 3.23. The lowest BCUT2D eigenvalue weighted by Crippen LogP contribution is -2.22. The second kappa shape index (κ2) is 5.46. The Morgan fingerprint density at radius 3 is 2.60 bits per heavy atom. The maximum Gasteiger partial charge on any atom is 0.417 e. The average molecular weight is 304 g/mol. The van der Waals surface area contributed by atoms with Crippen LogP contribution in [0.15, 0.2) is 24.4 Å². The van der Waals surface area contributed by atoms with Gasteiger partial charge >= 0.3 is 6.18 Å². The molecule has 0 amide bonds. The fourth-order valence-electron chi connectivity index (χ4n) is 2.22. The maximum absolute atomic E-state index is 12.5. The van der Waals surface area contributed by atoms with E-state index in [1.807, 2.05) is 6.07 Å². The first kappa shape index (κ1) is 14.9. The first-order valence-electron chi connectivity index (χ1n) is 5.99. The molecule has 2 aromatic rings. The lowest BCUT2D eigenvalue weighted by molar-refractivity contribution is -0.137. The quantitative estimate of drug-likeness (QED) is 0.849. The summed E-state index contributed by atoms with van der Waals surface area (Å²) in [4.78, 5) is 7.09. The first-order valence-corrected chi connectivity index (χ1v) is 5.99. The summed E-state index contributed by atoms with van der Waals surface area (Å²) >= 11 is 0. The van der Waals surface area contributed by atoms with Crippen molar-refractivity contribution < 1.29 is 13.2 Å². The van der Waals surface area contributed by atoms with Gasteiger partial charge in [0.25, 0.3) is 0 Å². The summed E-state index contributed by atoms with van der Waals surface area (Å²) in [6, 6.07) is 4.42. The number of nitrogens with zero attached hydrogens (tertiary/aromatic N) is 1. The molecule has 0 aromatic carbocycles. The molecular formula is C13H13ClF3N3. The Hall–Kier alpha value is -1.53. The highest BCUT2D eigenvalue weighted by Crippen LogP contribution is 2.30. The number of hydrogen-bond acceptors (Lipinski definition) is 2. The molecule has 0 bridgehead atoms. The van der Waals surface area contributed by atoms with Crippen molar-refractivity contribution in [2.45, 2.75) is 19.1 Å². The van der Waals surface area contributed by atoms with E-state index < -0.39 is 11.7 Å². The minimum atomic E-state index is -4.34. The number of rotatable bonds is 1. The molecule has 0 atom stereocenters. The van der Waals surface area contributed by atoms with Gasteiger partial charge in [0.1, 0.15) is 0 Å². The lowest BCUT2D eigenvalue weighted by Gasteiger charge is -2.11. The van der Waals surface area contributed by atoms with E-state index in [-0.39, 0.29) is 12.4 Å². The number of aromatic amines is 1. The molecule has 0 aliphatic carbocycles. The van der Waals surface area contributed by atoms with Gasteiger partial charge in [-0.25, -0.2) is 0 Å². The molecule has 20 heavy (non-hydrogen) atoms. The molecule has 3 nitrogen and oxygen atoms in total. The van der Waals surface area contributed by atoms with E-state index in [1.165, 1.54) is 11.6 Å². The van der Waals surface area contributed by atoms with Gasteiger partial charge in [-0.3, -0.25) is 4.98 Å². The van der Waals surface area contributed by atoms with Crippen LogP contribution in [0.25, 0.3) is 11.4 Å². The van der Waals surface area contributed by atoms with Gasteiger partial charge in [-0.15, -0.1) is 12.4 Å². The summed E-state index contributed by atoms with van der Waals surface area (Å²) in [6.45, 7) is 1.68. The van der Waals surface area contributed by atoms with E-state index in [0.717, 1.165) is 43.2 Å². The minimum absolute atomic E-state index is 0. The third kappa shape index (κ3) is 2.81. The van der Waals surface area contributed by atoms with Crippen LogP contribution < -0.4 is 5.32 Å². The van der Waals surface area contributed by atoms with Crippen molar-refractivity contribution in [3.8, 4) is 11.4 Å². The topological polar surface area (TPSA) is 40.7 Å². The molecule has 1 aliphatic heterocycles. The van der Waals surface area contributed by atoms with Crippen LogP contribution in [0.2, 0.25) is 0 Å². The first-order chi connectivity index (χ1) is 9.04. The van der Waals surface area contributed by atoms with Crippen LogP contribution in [0.5, 0.6) is 0 Å². The Labute approximate surface area is 120 Å². The summed E-state index contributed by atoms with van der Waals surface area (Å²) < 4.78 is 37.4. The second-order valence-corrected chi connectivity index (χ2v) is 4.54. The fraction of sp³-hybridized carbons (Fsp3) is 0.308. The van der Waals surface area contributed by atoms with Crippen molar-refractivity contribution in [3.63, 3.8) is 0 Å². The second-order valence-electron chi connectivity index (χ2n) is 4.54. The average Bonchev–Trinajstić information content (AvgIpc) is 2.81. The molecule has 2 N–H and O–H groups in total. The summed E-state index contributed by atoms with van der Waals surface area (Å²) in [6.07, 6.45) is -2.55.